The zero-order valence-corrected chi connectivity index (χ0v) is 12.8. The van der Waals surface area contributed by atoms with Gasteiger partial charge in [0.2, 0.25) is 0 Å². The van der Waals surface area contributed by atoms with Crippen molar-refractivity contribution in [3.63, 3.8) is 0 Å². The largest absolute Gasteiger partial charge is 0.445 e. The van der Waals surface area contributed by atoms with Gasteiger partial charge in [-0.1, -0.05) is 30.3 Å². The second-order valence-corrected chi connectivity index (χ2v) is 6.43. The summed E-state index contributed by atoms with van der Waals surface area (Å²) in [5, 5.41) is 0. The van der Waals surface area contributed by atoms with Crippen LogP contribution in [0.1, 0.15) is 31.2 Å². The number of aldehydes is 1. The maximum atomic E-state index is 12.1. The number of ether oxygens (including phenoxy) is 1. The van der Waals surface area contributed by atoms with E-state index >= 15 is 0 Å². The lowest BCUT2D eigenvalue weighted by Crippen LogP contribution is -2.39. The number of carbonyl (C=O) groups excluding carboxylic acids is 2. The van der Waals surface area contributed by atoms with E-state index in [9.17, 15) is 9.59 Å². The van der Waals surface area contributed by atoms with Gasteiger partial charge in [0.25, 0.3) is 0 Å². The van der Waals surface area contributed by atoms with Crippen molar-refractivity contribution in [3.8, 4) is 0 Å². The van der Waals surface area contributed by atoms with Crippen LogP contribution < -0.4 is 0 Å². The van der Waals surface area contributed by atoms with Gasteiger partial charge in [-0.25, -0.2) is 4.79 Å². The normalized spacial score (nSPS) is 24.8. The highest BCUT2D eigenvalue weighted by Crippen LogP contribution is 2.49. The van der Waals surface area contributed by atoms with Crippen LogP contribution in [0.3, 0.4) is 0 Å². The first-order valence-corrected chi connectivity index (χ1v) is 8.17. The number of hydrogen-bond donors (Lipinski definition) is 0. The van der Waals surface area contributed by atoms with Gasteiger partial charge >= 0.3 is 6.09 Å². The quantitative estimate of drug-likeness (QED) is 0.784. The Kier molecular flexibility index (Phi) is 4.76. The van der Waals surface area contributed by atoms with Crippen molar-refractivity contribution < 1.29 is 14.3 Å². The molecule has 1 amide bonds. The number of amides is 1. The van der Waals surface area contributed by atoms with E-state index in [1.165, 1.54) is 6.42 Å². The first-order valence-electron chi connectivity index (χ1n) is 8.17. The van der Waals surface area contributed by atoms with Gasteiger partial charge < -0.3 is 14.4 Å². The average molecular weight is 301 g/mol. The summed E-state index contributed by atoms with van der Waals surface area (Å²) >= 11 is 0. The molecule has 4 heteroatoms. The lowest BCUT2D eigenvalue weighted by atomic mass is 9.91. The van der Waals surface area contributed by atoms with Crippen LogP contribution >= 0.6 is 0 Å². The molecule has 1 saturated heterocycles. The van der Waals surface area contributed by atoms with Crippen molar-refractivity contribution in [1.29, 1.82) is 0 Å². The predicted octanol–water partition coefficient (Wildman–Crippen LogP) is 3.26. The number of carbonyl (C=O) groups is 2. The molecular formula is C18H23NO3. The topological polar surface area (TPSA) is 46.6 Å². The number of benzene rings is 1. The molecule has 1 heterocycles. The summed E-state index contributed by atoms with van der Waals surface area (Å²) in [5.41, 5.74) is 1.01. The third-order valence-corrected chi connectivity index (χ3v) is 4.98. The second kappa shape index (κ2) is 6.95. The highest BCUT2D eigenvalue weighted by atomic mass is 16.6. The summed E-state index contributed by atoms with van der Waals surface area (Å²) in [7, 11) is 0. The molecule has 1 saturated carbocycles. The van der Waals surface area contributed by atoms with Crippen LogP contribution in [0.15, 0.2) is 30.3 Å². The number of likely N-dealkylation sites (tertiary alicyclic amines) is 1. The smallest absolute Gasteiger partial charge is 0.410 e. The molecular weight excluding hydrogens is 278 g/mol. The highest BCUT2D eigenvalue weighted by molar-refractivity contribution is 5.67. The van der Waals surface area contributed by atoms with E-state index in [2.05, 4.69) is 0 Å². The Morgan fingerprint density at radius 1 is 1.23 bits per heavy atom. The molecule has 0 radical (unpaired) electrons. The van der Waals surface area contributed by atoms with Crippen LogP contribution in [0.4, 0.5) is 4.79 Å². The molecule has 0 spiro atoms. The Morgan fingerprint density at radius 3 is 2.64 bits per heavy atom. The van der Waals surface area contributed by atoms with Crippen molar-refractivity contribution in [2.75, 3.05) is 13.1 Å². The number of piperidine rings is 1. The third kappa shape index (κ3) is 3.67. The van der Waals surface area contributed by atoms with Gasteiger partial charge in [-0.3, -0.25) is 0 Å². The van der Waals surface area contributed by atoms with Crippen LogP contribution in [0.2, 0.25) is 0 Å². The van der Waals surface area contributed by atoms with E-state index in [4.69, 9.17) is 4.74 Å². The molecule has 2 aliphatic rings. The van der Waals surface area contributed by atoms with E-state index in [-0.39, 0.29) is 6.09 Å². The first-order chi connectivity index (χ1) is 10.8. The molecule has 118 valence electrons. The molecule has 22 heavy (non-hydrogen) atoms. The molecule has 0 unspecified atom stereocenters. The summed E-state index contributed by atoms with van der Waals surface area (Å²) in [6.07, 6.45) is 4.83. The summed E-state index contributed by atoms with van der Waals surface area (Å²) in [5.74, 6) is 2.01. The maximum absolute atomic E-state index is 12.1. The van der Waals surface area contributed by atoms with Crippen molar-refractivity contribution in [2.24, 2.45) is 17.8 Å². The fourth-order valence-corrected chi connectivity index (χ4v) is 3.56. The Balaban J connectivity index is 1.39. The highest BCUT2D eigenvalue weighted by Gasteiger charge is 2.43. The molecule has 2 atom stereocenters. The van der Waals surface area contributed by atoms with Crippen LogP contribution in [0.5, 0.6) is 0 Å². The molecule has 1 aliphatic carbocycles. The Morgan fingerprint density at radius 2 is 1.95 bits per heavy atom. The standard InChI is InChI=1S/C18H23NO3/c20-11-8-16-12-17(16)15-6-9-19(10-7-15)18(21)22-13-14-4-2-1-3-5-14/h1-5,11,15-17H,6-10,12-13H2/t16-,17-/m1/s1. The zero-order chi connectivity index (χ0) is 15.4. The van der Waals surface area contributed by atoms with Gasteiger partial charge in [-0.05, 0) is 42.6 Å². The Labute approximate surface area is 131 Å². The molecule has 3 rings (SSSR count). The number of nitrogens with zero attached hydrogens (tertiary/aromatic N) is 1. The molecule has 0 N–H and O–H groups in total. The van der Waals surface area contributed by atoms with Gasteiger partial charge in [0.1, 0.15) is 12.9 Å². The fourth-order valence-electron chi connectivity index (χ4n) is 3.56. The van der Waals surface area contributed by atoms with E-state index in [1.807, 2.05) is 35.2 Å². The third-order valence-electron chi connectivity index (χ3n) is 4.98. The minimum absolute atomic E-state index is 0.206. The molecule has 1 aromatic carbocycles. The van der Waals surface area contributed by atoms with Crippen molar-refractivity contribution in [1.82, 2.24) is 4.90 Å². The van der Waals surface area contributed by atoms with E-state index < -0.39 is 0 Å². The lowest BCUT2D eigenvalue weighted by molar-refractivity contribution is -0.108. The summed E-state index contributed by atoms with van der Waals surface area (Å²) < 4.78 is 5.38. The van der Waals surface area contributed by atoms with Crippen LogP contribution in [-0.2, 0) is 16.1 Å². The van der Waals surface area contributed by atoms with Gasteiger partial charge in [-0.15, -0.1) is 0 Å². The fraction of sp³-hybridized carbons (Fsp3) is 0.556. The number of hydrogen-bond acceptors (Lipinski definition) is 3. The predicted molar refractivity (Wildman–Crippen MR) is 83.2 cm³/mol. The molecule has 1 aliphatic heterocycles. The van der Waals surface area contributed by atoms with Gasteiger partial charge in [0.05, 0.1) is 0 Å². The lowest BCUT2D eigenvalue weighted by Gasteiger charge is -2.31. The van der Waals surface area contributed by atoms with Gasteiger partial charge in [0, 0.05) is 19.5 Å². The Bertz CT molecular complexity index is 508. The van der Waals surface area contributed by atoms with Crippen LogP contribution in [0.25, 0.3) is 0 Å². The molecule has 4 nitrogen and oxygen atoms in total. The van der Waals surface area contributed by atoms with E-state index in [0.717, 1.165) is 37.8 Å². The minimum atomic E-state index is -0.206. The molecule has 0 bridgehead atoms. The van der Waals surface area contributed by atoms with Crippen LogP contribution in [-0.4, -0.2) is 30.4 Å². The molecule has 0 aromatic heterocycles. The SMILES string of the molecule is O=CC[C@@H]1C[C@@H]1C1CCN(C(=O)OCc2ccccc2)CC1. The average Bonchev–Trinajstić information content (AvgIpc) is 3.33. The summed E-state index contributed by atoms with van der Waals surface area (Å²) in [6, 6.07) is 9.76. The van der Waals surface area contributed by atoms with Gasteiger partial charge in [-0.2, -0.15) is 0 Å². The summed E-state index contributed by atoms with van der Waals surface area (Å²) in [6.45, 7) is 1.90. The maximum Gasteiger partial charge on any atom is 0.410 e. The first kappa shape index (κ1) is 15.1. The summed E-state index contributed by atoms with van der Waals surface area (Å²) in [4.78, 5) is 24.4. The van der Waals surface area contributed by atoms with Crippen molar-refractivity contribution in [2.45, 2.75) is 32.3 Å². The molecule has 1 aromatic rings. The monoisotopic (exact) mass is 301 g/mol. The van der Waals surface area contributed by atoms with Crippen molar-refractivity contribution in [3.05, 3.63) is 35.9 Å². The minimum Gasteiger partial charge on any atom is -0.445 e. The Hall–Kier alpha value is -1.84. The van der Waals surface area contributed by atoms with Gasteiger partial charge in [0.15, 0.2) is 0 Å². The van der Waals surface area contributed by atoms with E-state index in [1.54, 1.807) is 0 Å². The number of rotatable bonds is 5. The van der Waals surface area contributed by atoms with Crippen LogP contribution in [0, 0.1) is 17.8 Å². The second-order valence-electron chi connectivity index (χ2n) is 6.43. The zero-order valence-electron chi connectivity index (χ0n) is 12.8. The van der Waals surface area contributed by atoms with E-state index in [0.29, 0.717) is 30.8 Å². The van der Waals surface area contributed by atoms with Crippen molar-refractivity contribution >= 4 is 12.4 Å². The molecule has 2 fully saturated rings.